The normalized spacial score (nSPS) is 13.6. The number of aromatic hydroxyl groups is 1. The molecule has 2 aromatic carbocycles. The van der Waals surface area contributed by atoms with Crippen LogP contribution in [-0.4, -0.2) is 40.4 Å². The Morgan fingerprint density at radius 1 is 1.03 bits per heavy atom. The van der Waals surface area contributed by atoms with E-state index in [-0.39, 0.29) is 37.7 Å². The fourth-order valence-electron chi connectivity index (χ4n) is 3.73. The highest BCUT2D eigenvalue weighted by molar-refractivity contribution is 5.96. The summed E-state index contributed by atoms with van der Waals surface area (Å²) in [7, 11) is 0. The summed E-state index contributed by atoms with van der Waals surface area (Å²) in [4.78, 5) is 25.6. The third kappa shape index (κ3) is 5.32. The van der Waals surface area contributed by atoms with Crippen molar-refractivity contribution in [2.45, 2.75) is 12.6 Å². The molecule has 1 aliphatic heterocycles. The Bertz CT molecular complexity index is 1300. The molecular formula is C25H22F3N3O4. The Kier molecular flexibility index (Phi) is 6.81. The Hall–Kier alpha value is -4.21. The van der Waals surface area contributed by atoms with Gasteiger partial charge in [0.1, 0.15) is 19.0 Å². The highest BCUT2D eigenvalue weighted by atomic mass is 19.4. The molecule has 0 saturated carbocycles. The smallest absolute Gasteiger partial charge is 0.419 e. The van der Waals surface area contributed by atoms with Crippen LogP contribution < -0.4 is 15.6 Å². The van der Waals surface area contributed by atoms with Crippen LogP contribution >= 0.6 is 0 Å². The number of hydrogen-bond acceptors (Lipinski definition) is 5. The predicted octanol–water partition coefficient (Wildman–Crippen LogP) is 3.76. The molecule has 2 N–H and O–H groups in total. The van der Waals surface area contributed by atoms with Gasteiger partial charge in [0.25, 0.3) is 5.91 Å². The van der Waals surface area contributed by atoms with E-state index in [1.807, 2.05) is 30.3 Å². The van der Waals surface area contributed by atoms with Crippen molar-refractivity contribution in [3.63, 3.8) is 0 Å². The second-order valence-corrected chi connectivity index (χ2v) is 7.83. The van der Waals surface area contributed by atoms with Gasteiger partial charge in [0.2, 0.25) is 5.43 Å². The number of para-hydroxylation sites is 1. The number of carbonyl (C=O) groups excluding carboxylic acids is 1. The van der Waals surface area contributed by atoms with Gasteiger partial charge < -0.3 is 20.2 Å². The molecule has 1 amide bonds. The van der Waals surface area contributed by atoms with Crippen LogP contribution in [0.4, 0.5) is 13.2 Å². The lowest BCUT2D eigenvalue weighted by Crippen LogP contribution is -2.46. The molecule has 0 radical (unpaired) electrons. The molecule has 10 heteroatoms. The molecule has 4 rings (SSSR count). The number of fused-ring (bicyclic) bond motifs is 1. The monoisotopic (exact) mass is 485 g/mol. The number of amides is 1. The summed E-state index contributed by atoms with van der Waals surface area (Å²) in [5.74, 6) is -1.45. The van der Waals surface area contributed by atoms with Gasteiger partial charge in [0, 0.05) is 25.2 Å². The van der Waals surface area contributed by atoms with Crippen molar-refractivity contribution in [3.8, 4) is 11.5 Å². The van der Waals surface area contributed by atoms with Gasteiger partial charge in [-0.3, -0.25) is 14.3 Å². The maximum atomic E-state index is 13.6. The molecule has 0 bridgehead atoms. The summed E-state index contributed by atoms with van der Waals surface area (Å²) in [5, 5.41) is 9.94. The van der Waals surface area contributed by atoms with Gasteiger partial charge >= 0.3 is 6.18 Å². The standard InChI is InChI=1S/C25H22F3N3O4/c26-25(27,28)19-10-6-9-18(15-17-7-2-1-3-8-17)23(19)35-14-5-4-12-30-16-29-31-13-11-20(32)22(33)21(31)24(30)34/h1-11,13,29,33H,12,14-16H2/b5-4-. The molecule has 0 fully saturated rings. The first-order chi connectivity index (χ1) is 16.8. The van der Waals surface area contributed by atoms with E-state index in [0.29, 0.717) is 5.56 Å². The van der Waals surface area contributed by atoms with Crippen molar-refractivity contribution in [1.82, 2.24) is 9.58 Å². The van der Waals surface area contributed by atoms with Gasteiger partial charge in [-0.05, 0) is 23.3 Å². The third-order valence-electron chi connectivity index (χ3n) is 5.45. The van der Waals surface area contributed by atoms with Crippen LogP contribution in [0.15, 0.2) is 77.7 Å². The zero-order valence-corrected chi connectivity index (χ0v) is 18.5. The first-order valence-electron chi connectivity index (χ1n) is 10.7. The maximum Gasteiger partial charge on any atom is 0.419 e. The van der Waals surface area contributed by atoms with Gasteiger partial charge in [-0.25, -0.2) is 0 Å². The second-order valence-electron chi connectivity index (χ2n) is 7.83. The molecule has 1 aliphatic rings. The number of aromatic nitrogens is 1. The number of nitrogens with zero attached hydrogens (tertiary/aromatic N) is 2. The first-order valence-corrected chi connectivity index (χ1v) is 10.7. The van der Waals surface area contributed by atoms with E-state index in [4.69, 9.17) is 4.74 Å². The van der Waals surface area contributed by atoms with Crippen LogP contribution in [0.25, 0.3) is 0 Å². The van der Waals surface area contributed by atoms with Crippen molar-refractivity contribution in [2.24, 2.45) is 0 Å². The Morgan fingerprint density at radius 3 is 2.54 bits per heavy atom. The van der Waals surface area contributed by atoms with Gasteiger partial charge in [0.15, 0.2) is 11.4 Å². The molecule has 2 heterocycles. The average molecular weight is 485 g/mol. The number of halogens is 3. The largest absolute Gasteiger partial charge is 0.502 e. The Morgan fingerprint density at radius 2 is 1.80 bits per heavy atom. The van der Waals surface area contributed by atoms with E-state index in [0.717, 1.165) is 17.7 Å². The molecule has 7 nitrogen and oxygen atoms in total. The summed E-state index contributed by atoms with van der Waals surface area (Å²) in [6.45, 7) is 0.0542. The molecule has 0 aliphatic carbocycles. The molecule has 0 saturated heterocycles. The molecule has 0 spiro atoms. The maximum absolute atomic E-state index is 13.6. The summed E-state index contributed by atoms with van der Waals surface area (Å²) < 4.78 is 47.7. The minimum Gasteiger partial charge on any atom is -0.502 e. The SMILES string of the molecule is O=C1c2c(O)c(=O)ccn2NCN1C/C=C\COc1c(Cc2ccccc2)cccc1C(F)(F)F. The van der Waals surface area contributed by atoms with Crippen molar-refractivity contribution in [1.29, 1.82) is 0 Å². The lowest BCUT2D eigenvalue weighted by atomic mass is 10.0. The number of alkyl halides is 3. The highest BCUT2D eigenvalue weighted by Gasteiger charge is 2.35. The fraction of sp³-hybridized carbons (Fsp3) is 0.200. The van der Waals surface area contributed by atoms with Gasteiger partial charge in [-0.2, -0.15) is 13.2 Å². The van der Waals surface area contributed by atoms with E-state index in [9.17, 15) is 27.9 Å². The molecule has 35 heavy (non-hydrogen) atoms. The van der Waals surface area contributed by atoms with Crippen LogP contribution in [-0.2, 0) is 12.6 Å². The molecule has 0 unspecified atom stereocenters. The lowest BCUT2D eigenvalue weighted by Gasteiger charge is -2.30. The predicted molar refractivity (Wildman–Crippen MR) is 123 cm³/mol. The Labute approximate surface area is 198 Å². The summed E-state index contributed by atoms with van der Waals surface area (Å²) >= 11 is 0. The lowest BCUT2D eigenvalue weighted by molar-refractivity contribution is -0.138. The number of carbonyl (C=O) groups is 1. The molecule has 1 aromatic heterocycles. The average Bonchev–Trinajstić information content (AvgIpc) is 2.83. The molecule has 0 atom stereocenters. The van der Waals surface area contributed by atoms with Crippen molar-refractivity contribution >= 4 is 5.91 Å². The zero-order valence-electron chi connectivity index (χ0n) is 18.5. The van der Waals surface area contributed by atoms with E-state index >= 15 is 0 Å². The Balaban J connectivity index is 1.45. The van der Waals surface area contributed by atoms with E-state index < -0.39 is 28.8 Å². The van der Waals surface area contributed by atoms with Crippen LogP contribution in [0.5, 0.6) is 11.5 Å². The minimum atomic E-state index is -4.58. The second kappa shape index (κ2) is 9.96. The van der Waals surface area contributed by atoms with Crippen LogP contribution in [0.1, 0.15) is 27.2 Å². The molecular weight excluding hydrogens is 463 g/mol. The van der Waals surface area contributed by atoms with Crippen LogP contribution in [0.2, 0.25) is 0 Å². The van der Waals surface area contributed by atoms with Crippen LogP contribution in [0, 0.1) is 0 Å². The van der Waals surface area contributed by atoms with E-state index in [1.165, 1.54) is 27.9 Å². The number of nitrogens with one attached hydrogen (secondary N) is 1. The minimum absolute atomic E-state index is 0.0928. The third-order valence-corrected chi connectivity index (χ3v) is 5.45. The van der Waals surface area contributed by atoms with Crippen molar-refractivity contribution in [2.75, 3.05) is 25.2 Å². The molecule has 3 aromatic rings. The van der Waals surface area contributed by atoms with E-state index in [1.54, 1.807) is 12.1 Å². The summed E-state index contributed by atoms with van der Waals surface area (Å²) in [6, 6.07) is 14.2. The summed E-state index contributed by atoms with van der Waals surface area (Å²) in [5.41, 5.74) is 2.42. The topological polar surface area (TPSA) is 83.8 Å². The van der Waals surface area contributed by atoms with Crippen molar-refractivity contribution in [3.05, 3.63) is 106 Å². The van der Waals surface area contributed by atoms with Crippen molar-refractivity contribution < 1.29 is 27.8 Å². The molecule has 182 valence electrons. The highest BCUT2D eigenvalue weighted by Crippen LogP contribution is 2.39. The van der Waals surface area contributed by atoms with Crippen LogP contribution in [0.3, 0.4) is 0 Å². The summed E-state index contributed by atoms with van der Waals surface area (Å²) in [6.07, 6.45) is 0.131. The van der Waals surface area contributed by atoms with Gasteiger partial charge in [-0.15, -0.1) is 0 Å². The van der Waals surface area contributed by atoms with E-state index in [2.05, 4.69) is 5.43 Å². The van der Waals surface area contributed by atoms with Gasteiger partial charge in [0.05, 0.1) is 5.56 Å². The van der Waals surface area contributed by atoms with Gasteiger partial charge in [-0.1, -0.05) is 48.5 Å². The number of ether oxygens (including phenoxy) is 1. The fourth-order valence-corrected chi connectivity index (χ4v) is 3.73. The number of rotatable bonds is 7. The number of pyridine rings is 1. The number of hydrogen-bond donors (Lipinski definition) is 2. The quantitative estimate of drug-likeness (QED) is 0.498. The zero-order chi connectivity index (χ0) is 25.0. The number of benzene rings is 2. The first kappa shape index (κ1) is 23.9.